The van der Waals surface area contributed by atoms with E-state index in [-0.39, 0.29) is 5.91 Å². The molecule has 110 valence electrons. The Bertz CT molecular complexity index is 468. The molecule has 1 aromatic carbocycles. The van der Waals surface area contributed by atoms with Crippen molar-refractivity contribution < 1.29 is 24.6 Å². The number of benzene rings is 1. The van der Waals surface area contributed by atoms with Gasteiger partial charge in [-0.15, -0.1) is 0 Å². The molecular weight excluding hydrogens is 330 g/mol. The number of alkyl halides is 1. The molecule has 0 fully saturated rings. The molecular formula is C13H16BrNO5. The van der Waals surface area contributed by atoms with Gasteiger partial charge >= 0.3 is 5.97 Å². The molecule has 1 rings (SSSR count). The van der Waals surface area contributed by atoms with Crippen LogP contribution in [-0.2, 0) is 14.9 Å². The summed E-state index contributed by atoms with van der Waals surface area (Å²) in [4.78, 5) is 31.1. The van der Waals surface area contributed by atoms with Gasteiger partial charge in [0.25, 0.3) is 11.9 Å². The number of nitrogens with one attached hydrogen (secondary N) is 1. The number of hydrogen-bond acceptors (Lipinski definition) is 3. The Morgan fingerprint density at radius 3 is 2.00 bits per heavy atom. The average Bonchev–Trinajstić information content (AvgIpc) is 2.38. The molecule has 20 heavy (non-hydrogen) atoms. The number of rotatable bonds is 4. The molecule has 6 nitrogen and oxygen atoms in total. The van der Waals surface area contributed by atoms with Crippen LogP contribution in [0.2, 0.25) is 0 Å². The summed E-state index contributed by atoms with van der Waals surface area (Å²) in [5.74, 6) is -2.26. The second kappa shape index (κ2) is 9.08. The lowest BCUT2D eigenvalue weighted by Gasteiger charge is -2.09. The van der Waals surface area contributed by atoms with Crippen molar-refractivity contribution in [1.82, 2.24) is 5.32 Å². The van der Waals surface area contributed by atoms with Crippen LogP contribution >= 0.6 is 15.9 Å². The molecule has 1 atom stereocenters. The minimum Gasteiger partial charge on any atom is -0.481 e. The van der Waals surface area contributed by atoms with Crippen molar-refractivity contribution >= 4 is 33.8 Å². The highest BCUT2D eigenvalue weighted by Gasteiger charge is 2.14. The highest BCUT2D eigenvalue weighted by atomic mass is 79.9. The first-order valence-electron chi connectivity index (χ1n) is 5.66. The zero-order chi connectivity index (χ0) is 15.7. The molecule has 1 aromatic rings. The van der Waals surface area contributed by atoms with Gasteiger partial charge < -0.3 is 15.5 Å². The van der Waals surface area contributed by atoms with Crippen LogP contribution in [-0.4, -0.2) is 34.1 Å². The van der Waals surface area contributed by atoms with Crippen LogP contribution < -0.4 is 5.32 Å². The summed E-state index contributed by atoms with van der Waals surface area (Å²) in [6, 6.07) is 6.08. The number of carbonyl (C=O) groups excluding carboxylic acids is 1. The number of carboxylic acid groups (broad SMARTS) is 2. The van der Waals surface area contributed by atoms with Crippen LogP contribution in [0.1, 0.15) is 29.8 Å². The van der Waals surface area contributed by atoms with E-state index in [0.29, 0.717) is 5.56 Å². The Kier molecular flexibility index (Phi) is 8.23. The molecule has 0 heterocycles. The third-order valence-electron chi connectivity index (χ3n) is 2.09. The van der Waals surface area contributed by atoms with Gasteiger partial charge in [-0.3, -0.25) is 14.4 Å². The molecule has 3 N–H and O–H groups in total. The van der Waals surface area contributed by atoms with Crippen LogP contribution in [0.15, 0.2) is 24.3 Å². The molecule has 0 aliphatic heterocycles. The van der Waals surface area contributed by atoms with E-state index < -0.39 is 18.0 Å². The highest BCUT2D eigenvalue weighted by Crippen LogP contribution is 2.08. The molecule has 0 radical (unpaired) electrons. The molecule has 0 unspecified atom stereocenters. The number of aliphatic carboxylic acids is 2. The van der Waals surface area contributed by atoms with E-state index in [0.717, 1.165) is 17.8 Å². The lowest BCUT2D eigenvalue weighted by atomic mass is 10.1. The first-order chi connectivity index (χ1) is 9.27. The maximum atomic E-state index is 11.6. The second-order valence-corrected chi connectivity index (χ2v) is 4.44. The highest BCUT2D eigenvalue weighted by molar-refractivity contribution is 9.08. The summed E-state index contributed by atoms with van der Waals surface area (Å²) >= 11 is 3.30. The number of halogens is 1. The van der Waals surface area contributed by atoms with Crippen molar-refractivity contribution in [2.75, 3.05) is 0 Å². The second-order valence-electron chi connectivity index (χ2n) is 3.88. The zero-order valence-corrected chi connectivity index (χ0v) is 12.7. The summed E-state index contributed by atoms with van der Waals surface area (Å²) in [6.07, 6.45) is 0. The average molecular weight is 346 g/mol. The van der Waals surface area contributed by atoms with Gasteiger partial charge in [0.05, 0.1) is 0 Å². The van der Waals surface area contributed by atoms with Crippen molar-refractivity contribution in [1.29, 1.82) is 0 Å². The number of carboxylic acids is 2. The van der Waals surface area contributed by atoms with Crippen LogP contribution in [0.4, 0.5) is 0 Å². The van der Waals surface area contributed by atoms with E-state index in [4.69, 9.17) is 15.0 Å². The Morgan fingerprint density at radius 2 is 1.65 bits per heavy atom. The van der Waals surface area contributed by atoms with E-state index in [2.05, 4.69) is 21.2 Å². The van der Waals surface area contributed by atoms with Gasteiger partial charge in [0.1, 0.15) is 6.04 Å². The van der Waals surface area contributed by atoms with Crippen molar-refractivity contribution in [2.45, 2.75) is 25.2 Å². The van der Waals surface area contributed by atoms with E-state index >= 15 is 0 Å². The van der Waals surface area contributed by atoms with Gasteiger partial charge in [-0.25, -0.2) is 0 Å². The van der Waals surface area contributed by atoms with Gasteiger partial charge in [0.15, 0.2) is 0 Å². The van der Waals surface area contributed by atoms with E-state index in [1.54, 1.807) is 12.1 Å². The maximum Gasteiger partial charge on any atom is 0.325 e. The first-order valence-corrected chi connectivity index (χ1v) is 6.78. The van der Waals surface area contributed by atoms with Crippen molar-refractivity contribution in [3.63, 3.8) is 0 Å². The Balaban J connectivity index is 0.000000796. The van der Waals surface area contributed by atoms with Crippen molar-refractivity contribution in [3.8, 4) is 0 Å². The lowest BCUT2D eigenvalue weighted by molar-refractivity contribution is -0.138. The quantitative estimate of drug-likeness (QED) is 0.722. The monoisotopic (exact) mass is 345 g/mol. The Morgan fingerprint density at radius 1 is 1.20 bits per heavy atom. The number of amides is 1. The fraction of sp³-hybridized carbons (Fsp3) is 0.308. The van der Waals surface area contributed by atoms with Crippen LogP contribution in [0.25, 0.3) is 0 Å². The van der Waals surface area contributed by atoms with E-state index in [9.17, 15) is 9.59 Å². The molecule has 0 spiro atoms. The van der Waals surface area contributed by atoms with Gasteiger partial charge in [-0.2, -0.15) is 0 Å². The Labute approximate surface area is 124 Å². The molecule has 0 saturated heterocycles. The minimum absolute atomic E-state index is 0.379. The number of carbonyl (C=O) groups is 3. The summed E-state index contributed by atoms with van der Waals surface area (Å²) in [7, 11) is 0. The van der Waals surface area contributed by atoms with Crippen LogP contribution in [0, 0.1) is 0 Å². The normalized spacial score (nSPS) is 10.8. The third kappa shape index (κ3) is 7.52. The molecule has 0 aromatic heterocycles. The van der Waals surface area contributed by atoms with Crippen molar-refractivity contribution in [3.05, 3.63) is 35.4 Å². The molecule has 0 bridgehead atoms. The first kappa shape index (κ1) is 18.1. The Hall–Kier alpha value is -1.89. The smallest absolute Gasteiger partial charge is 0.325 e. The molecule has 0 aliphatic rings. The topological polar surface area (TPSA) is 104 Å². The third-order valence-corrected chi connectivity index (χ3v) is 2.74. The van der Waals surface area contributed by atoms with Gasteiger partial charge in [-0.1, -0.05) is 28.1 Å². The summed E-state index contributed by atoms with van der Waals surface area (Å²) in [5.41, 5.74) is 1.51. The minimum atomic E-state index is -1.05. The summed E-state index contributed by atoms with van der Waals surface area (Å²) in [6.45, 7) is 2.51. The fourth-order valence-corrected chi connectivity index (χ4v) is 1.46. The van der Waals surface area contributed by atoms with Gasteiger partial charge in [0.2, 0.25) is 0 Å². The SMILES string of the molecule is CC(=O)O.C[C@H](NC(=O)c1ccc(CBr)cc1)C(=O)O. The molecule has 0 saturated carbocycles. The maximum absolute atomic E-state index is 11.6. The largest absolute Gasteiger partial charge is 0.481 e. The van der Waals surface area contributed by atoms with Gasteiger partial charge in [-0.05, 0) is 24.6 Å². The molecule has 1 amide bonds. The molecule has 7 heteroatoms. The molecule has 0 aliphatic carbocycles. The van der Waals surface area contributed by atoms with Crippen LogP contribution in [0.5, 0.6) is 0 Å². The predicted octanol–water partition coefficient (Wildman–Crippen LogP) is 1.88. The van der Waals surface area contributed by atoms with E-state index in [1.165, 1.54) is 6.92 Å². The van der Waals surface area contributed by atoms with Crippen molar-refractivity contribution in [2.24, 2.45) is 0 Å². The fourth-order valence-electron chi connectivity index (χ4n) is 1.09. The predicted molar refractivity (Wildman–Crippen MR) is 76.9 cm³/mol. The van der Waals surface area contributed by atoms with E-state index in [1.807, 2.05) is 12.1 Å². The standard InChI is InChI=1S/C11H12BrNO3.C2H4O2/c1-7(11(15)16)13-10(14)9-4-2-8(6-12)3-5-9;1-2(3)4/h2-5,7H,6H2,1H3,(H,13,14)(H,15,16);1H3,(H,3,4)/t7-;/m0./s1. The van der Waals surface area contributed by atoms with Gasteiger partial charge in [0, 0.05) is 17.8 Å². The summed E-state index contributed by atoms with van der Waals surface area (Å²) < 4.78 is 0. The summed E-state index contributed by atoms with van der Waals surface area (Å²) in [5, 5.41) is 19.2. The lowest BCUT2D eigenvalue weighted by Crippen LogP contribution is -2.38. The number of hydrogen-bond donors (Lipinski definition) is 3. The van der Waals surface area contributed by atoms with Crippen LogP contribution in [0.3, 0.4) is 0 Å². The zero-order valence-electron chi connectivity index (χ0n) is 11.1.